The van der Waals surface area contributed by atoms with Crippen LogP contribution in [0.2, 0.25) is 5.02 Å². The monoisotopic (exact) mass is 447 g/mol. The van der Waals surface area contributed by atoms with E-state index < -0.39 is 0 Å². The molecule has 4 rings (SSSR count). The molecule has 6 heteroatoms. The molecule has 156 valence electrons. The molecule has 31 heavy (non-hydrogen) atoms. The lowest BCUT2D eigenvalue weighted by Crippen LogP contribution is -1.94. The largest absolute Gasteiger partial charge is 0.391 e. The van der Waals surface area contributed by atoms with Crippen LogP contribution in [-0.4, -0.2) is 16.0 Å². The van der Waals surface area contributed by atoms with Gasteiger partial charge in [0.2, 0.25) is 0 Å². The maximum atomic E-state index is 6.04. The van der Waals surface area contributed by atoms with Crippen molar-refractivity contribution in [3.05, 3.63) is 101 Å². The predicted molar refractivity (Wildman–Crippen MR) is 128 cm³/mol. The normalized spacial score (nSPS) is 11.2. The van der Waals surface area contributed by atoms with Crippen LogP contribution in [0.1, 0.15) is 16.7 Å². The van der Waals surface area contributed by atoms with Gasteiger partial charge in [0.15, 0.2) is 0 Å². The van der Waals surface area contributed by atoms with Crippen LogP contribution in [0.25, 0.3) is 11.3 Å². The number of hydrogen-bond acceptors (Lipinski definition) is 4. The Kier molecular flexibility index (Phi) is 6.75. The Bertz CT molecular complexity index is 1170. The summed E-state index contributed by atoms with van der Waals surface area (Å²) in [6.07, 6.45) is 1.75. The van der Waals surface area contributed by atoms with Crippen LogP contribution in [0.15, 0.2) is 93.9 Å². The van der Waals surface area contributed by atoms with Gasteiger partial charge in [0, 0.05) is 22.5 Å². The second kappa shape index (κ2) is 9.86. The number of aromatic nitrogens is 2. The summed E-state index contributed by atoms with van der Waals surface area (Å²) in [6.45, 7) is 2.48. The summed E-state index contributed by atoms with van der Waals surface area (Å²) in [5, 5.41) is 10.7. The van der Waals surface area contributed by atoms with Crippen LogP contribution in [0, 0.1) is 6.92 Å². The number of halogens is 1. The van der Waals surface area contributed by atoms with Crippen molar-refractivity contribution in [2.45, 2.75) is 23.5 Å². The summed E-state index contributed by atoms with van der Waals surface area (Å²) < 4.78 is 1.88. The molecule has 0 saturated carbocycles. The number of aryl methyl sites for hydroxylation is 2. The molecule has 0 spiro atoms. The maximum absolute atomic E-state index is 6.04. The maximum Gasteiger partial charge on any atom is 0.142 e. The SMILES string of the molecule is Cc1ccc(CON=Cc2c(-c3ccccc3)nn(C)c2Sc2ccc(Cl)cc2)cc1. The highest BCUT2D eigenvalue weighted by Gasteiger charge is 2.17. The summed E-state index contributed by atoms with van der Waals surface area (Å²) in [6, 6.07) is 26.1. The number of benzene rings is 3. The molecular weight excluding hydrogens is 426 g/mol. The Labute approximate surface area is 191 Å². The number of nitrogens with zero attached hydrogens (tertiary/aromatic N) is 3. The fraction of sp³-hybridized carbons (Fsp3) is 0.120. The summed E-state index contributed by atoms with van der Waals surface area (Å²) >= 11 is 7.66. The Balaban J connectivity index is 1.62. The van der Waals surface area contributed by atoms with Gasteiger partial charge in [-0.2, -0.15) is 5.10 Å². The average Bonchev–Trinajstić information content (AvgIpc) is 3.10. The molecular formula is C25H22ClN3OS. The molecule has 0 fully saturated rings. The van der Waals surface area contributed by atoms with Crippen molar-refractivity contribution in [3.8, 4) is 11.3 Å². The summed E-state index contributed by atoms with van der Waals surface area (Å²) in [4.78, 5) is 6.66. The average molecular weight is 448 g/mol. The molecule has 0 unspecified atom stereocenters. The van der Waals surface area contributed by atoms with Gasteiger partial charge < -0.3 is 4.84 Å². The molecule has 1 heterocycles. The minimum Gasteiger partial charge on any atom is -0.391 e. The fourth-order valence-electron chi connectivity index (χ4n) is 3.07. The molecule has 4 nitrogen and oxygen atoms in total. The Morgan fingerprint density at radius 2 is 1.71 bits per heavy atom. The van der Waals surface area contributed by atoms with Gasteiger partial charge in [-0.1, -0.05) is 88.7 Å². The van der Waals surface area contributed by atoms with Crippen LogP contribution >= 0.6 is 23.4 Å². The highest BCUT2D eigenvalue weighted by Crippen LogP contribution is 2.35. The zero-order chi connectivity index (χ0) is 21.6. The topological polar surface area (TPSA) is 39.4 Å². The third kappa shape index (κ3) is 5.37. The van der Waals surface area contributed by atoms with Gasteiger partial charge in [0.1, 0.15) is 17.3 Å². The standard InChI is InChI=1S/C25H22ClN3OS/c1-18-8-10-19(11-9-18)17-30-27-16-23-24(20-6-4-3-5-7-20)28-29(2)25(23)31-22-14-12-21(26)13-15-22/h3-16H,17H2,1-2H3. The zero-order valence-corrected chi connectivity index (χ0v) is 18.9. The number of oxime groups is 1. The lowest BCUT2D eigenvalue weighted by Gasteiger charge is -2.05. The molecule has 4 aromatic rings. The second-order valence-electron chi connectivity index (χ2n) is 7.11. The highest BCUT2D eigenvalue weighted by atomic mass is 35.5. The molecule has 0 bridgehead atoms. The van der Waals surface area contributed by atoms with E-state index in [1.54, 1.807) is 18.0 Å². The molecule has 1 aromatic heterocycles. The first-order valence-corrected chi connectivity index (χ1v) is 11.1. The smallest absolute Gasteiger partial charge is 0.142 e. The van der Waals surface area contributed by atoms with E-state index in [4.69, 9.17) is 21.5 Å². The first kappa shape index (κ1) is 21.2. The van der Waals surface area contributed by atoms with E-state index in [0.29, 0.717) is 11.6 Å². The molecule has 0 amide bonds. The van der Waals surface area contributed by atoms with E-state index in [-0.39, 0.29) is 0 Å². The molecule has 0 aliphatic heterocycles. The van der Waals surface area contributed by atoms with Crippen molar-refractivity contribution in [1.29, 1.82) is 0 Å². The van der Waals surface area contributed by atoms with E-state index >= 15 is 0 Å². The van der Waals surface area contributed by atoms with Crippen molar-refractivity contribution >= 4 is 29.6 Å². The van der Waals surface area contributed by atoms with Gasteiger partial charge in [-0.3, -0.25) is 4.68 Å². The summed E-state index contributed by atoms with van der Waals surface area (Å²) in [5.41, 5.74) is 5.10. The fourth-order valence-corrected chi connectivity index (χ4v) is 4.13. The van der Waals surface area contributed by atoms with E-state index in [1.807, 2.05) is 78.5 Å². The van der Waals surface area contributed by atoms with Crippen LogP contribution in [0.3, 0.4) is 0 Å². The third-order valence-electron chi connectivity index (χ3n) is 4.71. The zero-order valence-electron chi connectivity index (χ0n) is 17.3. The van der Waals surface area contributed by atoms with Crippen molar-refractivity contribution in [2.24, 2.45) is 12.2 Å². The first-order valence-electron chi connectivity index (χ1n) is 9.87. The van der Waals surface area contributed by atoms with Crippen molar-refractivity contribution < 1.29 is 4.84 Å². The summed E-state index contributed by atoms with van der Waals surface area (Å²) in [7, 11) is 1.94. The quantitative estimate of drug-likeness (QED) is 0.232. The third-order valence-corrected chi connectivity index (χ3v) is 6.15. The molecule has 0 atom stereocenters. The highest BCUT2D eigenvalue weighted by molar-refractivity contribution is 7.99. The minimum atomic E-state index is 0.414. The van der Waals surface area contributed by atoms with Crippen molar-refractivity contribution in [2.75, 3.05) is 0 Å². The molecule has 0 aliphatic carbocycles. The van der Waals surface area contributed by atoms with Crippen molar-refractivity contribution in [1.82, 2.24) is 9.78 Å². The lowest BCUT2D eigenvalue weighted by molar-refractivity contribution is 0.132. The van der Waals surface area contributed by atoms with Crippen LogP contribution in [0.4, 0.5) is 0 Å². The van der Waals surface area contributed by atoms with E-state index in [0.717, 1.165) is 32.3 Å². The molecule has 0 radical (unpaired) electrons. The predicted octanol–water partition coefficient (Wildman–Crippen LogP) is 6.75. The molecule has 3 aromatic carbocycles. The lowest BCUT2D eigenvalue weighted by atomic mass is 10.1. The van der Waals surface area contributed by atoms with E-state index in [1.165, 1.54) is 5.56 Å². The van der Waals surface area contributed by atoms with E-state index in [9.17, 15) is 0 Å². The molecule has 0 saturated heterocycles. The van der Waals surface area contributed by atoms with E-state index in [2.05, 4.69) is 24.2 Å². The van der Waals surface area contributed by atoms with Crippen molar-refractivity contribution in [3.63, 3.8) is 0 Å². The molecule has 0 aliphatic rings. The van der Waals surface area contributed by atoms with Gasteiger partial charge in [-0.05, 0) is 36.8 Å². The van der Waals surface area contributed by atoms with Gasteiger partial charge in [-0.25, -0.2) is 0 Å². The summed E-state index contributed by atoms with van der Waals surface area (Å²) in [5.74, 6) is 0. The Morgan fingerprint density at radius 3 is 2.42 bits per heavy atom. The van der Waals surface area contributed by atoms with Gasteiger partial charge in [0.05, 0.1) is 11.8 Å². The second-order valence-corrected chi connectivity index (χ2v) is 8.61. The van der Waals surface area contributed by atoms with Gasteiger partial charge >= 0.3 is 0 Å². The minimum absolute atomic E-state index is 0.414. The number of hydrogen-bond donors (Lipinski definition) is 0. The van der Waals surface area contributed by atoms with Crippen LogP contribution in [0.5, 0.6) is 0 Å². The molecule has 0 N–H and O–H groups in total. The Hall–Kier alpha value is -3.02. The van der Waals surface area contributed by atoms with Gasteiger partial charge in [-0.15, -0.1) is 0 Å². The van der Waals surface area contributed by atoms with Gasteiger partial charge in [0.25, 0.3) is 0 Å². The van der Waals surface area contributed by atoms with Crippen LogP contribution in [-0.2, 0) is 18.5 Å². The first-order chi connectivity index (χ1) is 15.1. The Morgan fingerprint density at radius 1 is 1.00 bits per heavy atom. The van der Waals surface area contributed by atoms with Crippen LogP contribution < -0.4 is 0 Å². The number of rotatable bonds is 7.